The summed E-state index contributed by atoms with van der Waals surface area (Å²) in [5.74, 6) is -1.50. The van der Waals surface area contributed by atoms with Crippen molar-refractivity contribution in [2.45, 2.75) is 120 Å². The van der Waals surface area contributed by atoms with E-state index >= 15 is 0 Å². The molecule has 2 N–H and O–H groups in total. The second kappa shape index (κ2) is 18.1. The number of methoxy groups -OCH3 is 2. The van der Waals surface area contributed by atoms with E-state index < -0.39 is 65.7 Å². The summed E-state index contributed by atoms with van der Waals surface area (Å²) in [7, 11) is 9.39. The quantitative estimate of drug-likeness (QED) is 0.160. The van der Waals surface area contributed by atoms with E-state index in [4.69, 9.17) is 35.3 Å². The van der Waals surface area contributed by atoms with Crippen LogP contribution >= 0.6 is 33.2 Å². The number of fused-ring (bicyclic) bond motifs is 5. The van der Waals surface area contributed by atoms with Crippen LogP contribution in [0.3, 0.4) is 0 Å². The molecule has 0 spiro atoms. The van der Waals surface area contributed by atoms with Crippen LogP contribution < -0.4 is 15.0 Å². The molecule has 16 heteroatoms. The number of likely N-dealkylation sites (N-methyl/N-ethyl adjacent to an activating group) is 1. The van der Waals surface area contributed by atoms with E-state index in [1.807, 2.05) is 26.2 Å². The lowest BCUT2D eigenvalue weighted by atomic mass is 9.83. The number of anilines is 1. The Morgan fingerprint density at radius 2 is 1.95 bits per heavy atom. The first-order valence-corrected chi connectivity index (χ1v) is 21.2. The summed E-state index contributed by atoms with van der Waals surface area (Å²) < 4.78 is 29.2. The fourth-order valence-corrected chi connectivity index (χ4v) is 9.62. The first-order chi connectivity index (χ1) is 25.7. The largest absolute Gasteiger partial charge is 0.495 e. The normalized spacial score (nSPS) is 30.8. The van der Waals surface area contributed by atoms with Crippen molar-refractivity contribution in [3.05, 3.63) is 46.5 Å². The van der Waals surface area contributed by atoms with E-state index in [9.17, 15) is 24.3 Å². The Kier molecular flexibility index (Phi) is 14.7. The lowest BCUT2D eigenvalue weighted by molar-refractivity contribution is -0.162. The molecule has 0 radical (unpaired) electrons. The van der Waals surface area contributed by atoms with Gasteiger partial charge >= 0.3 is 12.1 Å². The molecule has 1 aromatic rings. The Bertz CT molecular complexity index is 1680. The van der Waals surface area contributed by atoms with E-state index in [1.165, 1.54) is 24.0 Å². The van der Waals surface area contributed by atoms with E-state index in [0.717, 1.165) is 11.1 Å². The highest BCUT2D eigenvalue weighted by atomic mass is 35.5. The monoisotopic (exact) mass is 825 g/mol. The average Bonchev–Trinajstić information content (AvgIpc) is 3.82. The summed E-state index contributed by atoms with van der Waals surface area (Å²) in [6.45, 7) is 11.2. The Labute approximate surface area is 337 Å². The van der Waals surface area contributed by atoms with Crippen molar-refractivity contribution < 1.29 is 48.0 Å². The third-order valence-electron chi connectivity index (χ3n) is 10.8. The molecule has 0 aliphatic carbocycles. The number of hydrogen-bond donors (Lipinski definition) is 2. The van der Waals surface area contributed by atoms with E-state index in [2.05, 4.69) is 19.2 Å². The minimum Gasteiger partial charge on any atom is -0.495 e. The Balaban J connectivity index is 1.71. The molecule has 2 saturated heterocycles. The summed E-state index contributed by atoms with van der Waals surface area (Å²) >= 11 is 6.78. The van der Waals surface area contributed by atoms with Crippen LogP contribution in [0, 0.1) is 5.92 Å². The number of aliphatic hydroxyl groups is 1. The predicted octanol–water partition coefficient (Wildman–Crippen LogP) is 6.08. The van der Waals surface area contributed by atoms with Crippen LogP contribution in [-0.2, 0) is 39.8 Å². The second-order valence-electron chi connectivity index (χ2n) is 15.4. The molecule has 8 atom stereocenters. The van der Waals surface area contributed by atoms with Gasteiger partial charge in [-0.05, 0) is 71.4 Å². The van der Waals surface area contributed by atoms with Crippen molar-refractivity contribution in [3.63, 3.8) is 0 Å². The molecule has 3 amide bonds. The number of carbonyl (C=O) groups excluding carboxylic acids is 4. The zero-order chi connectivity index (χ0) is 41.0. The zero-order valence-electron chi connectivity index (χ0n) is 33.6. The molecule has 3 aliphatic rings. The third-order valence-corrected chi connectivity index (χ3v) is 13.8. The molecule has 0 unspecified atom stereocenters. The molecule has 1 aromatic carbocycles. The van der Waals surface area contributed by atoms with Gasteiger partial charge in [-0.2, -0.15) is 0 Å². The summed E-state index contributed by atoms with van der Waals surface area (Å²) in [6.07, 6.45) is 3.81. The number of alkyl carbamates (subject to hydrolysis) is 1. The summed E-state index contributed by atoms with van der Waals surface area (Å²) in [4.78, 5) is 56.9. The number of ether oxygens (including phenoxy) is 5. The molecule has 4 bridgehead atoms. The molecule has 13 nitrogen and oxygen atoms in total. The highest BCUT2D eigenvalue weighted by Crippen LogP contribution is 2.49. The van der Waals surface area contributed by atoms with Crippen molar-refractivity contribution >= 4 is 62.8 Å². The van der Waals surface area contributed by atoms with Crippen molar-refractivity contribution in [3.8, 4) is 5.75 Å². The smallest absolute Gasteiger partial charge is 0.409 e. The highest BCUT2D eigenvalue weighted by molar-refractivity contribution is 8.76. The molecule has 4 rings (SSSR count). The van der Waals surface area contributed by atoms with Gasteiger partial charge in [0.25, 0.3) is 0 Å². The number of benzene rings is 1. The van der Waals surface area contributed by atoms with Gasteiger partial charge in [-0.3, -0.25) is 14.9 Å². The van der Waals surface area contributed by atoms with Gasteiger partial charge in [-0.25, -0.2) is 9.59 Å². The average molecular weight is 826 g/mol. The fourth-order valence-electron chi connectivity index (χ4n) is 7.07. The Morgan fingerprint density at radius 3 is 2.58 bits per heavy atom. The number of rotatable bonds is 10. The number of esters is 1. The van der Waals surface area contributed by atoms with E-state index in [0.29, 0.717) is 24.3 Å². The first-order valence-electron chi connectivity index (χ1n) is 18.3. The number of nitrogens with one attached hydrogen (secondary N) is 1. The molecular formula is C39H56ClN3O10S2. The number of allylic oxidation sites excluding steroid dienone is 3. The van der Waals surface area contributed by atoms with Crippen LogP contribution in [-0.4, -0.2) is 115 Å². The summed E-state index contributed by atoms with van der Waals surface area (Å²) in [5.41, 5.74) is -0.900. The molecule has 306 valence electrons. The van der Waals surface area contributed by atoms with Crippen LogP contribution in [0.2, 0.25) is 5.02 Å². The lowest BCUT2D eigenvalue weighted by Crippen LogP contribution is -2.63. The standard InChI is InChI=1S/C39H56ClN3O10S2/c1-22-13-12-14-29(50-10)39(48)21-28(51-36(47)41-39)23(2)34-38(6,53-34)30(20-32(45)43(8)26-18-25(17-22)19-27(49-9)33(26)40)52-35(46)24(3)42(7)31(44)15-16-37(4,5)55-54-11/h12-14,18-19,23-24,28-30,34,48H,15-17,20-21H2,1-11H3,(H,41,47)/b14-12+,22-13+/t23-,24-,28-,29+,30+,34+,38-,39-/m0/s1. The predicted molar refractivity (Wildman–Crippen MR) is 215 cm³/mol. The Morgan fingerprint density at radius 1 is 1.25 bits per heavy atom. The maximum Gasteiger partial charge on any atom is 0.409 e. The molecule has 0 saturated carbocycles. The minimum atomic E-state index is -1.83. The van der Waals surface area contributed by atoms with Gasteiger partial charge in [0.2, 0.25) is 11.8 Å². The number of carbonyl (C=O) groups is 4. The number of epoxide rings is 1. The topological polar surface area (TPSA) is 156 Å². The molecular weight excluding hydrogens is 770 g/mol. The van der Waals surface area contributed by atoms with Crippen molar-refractivity contribution in [1.82, 2.24) is 10.2 Å². The van der Waals surface area contributed by atoms with Gasteiger partial charge in [-0.15, -0.1) is 0 Å². The number of nitrogens with zero attached hydrogens (tertiary/aromatic N) is 2. The van der Waals surface area contributed by atoms with Crippen LogP contribution in [0.1, 0.15) is 72.8 Å². The van der Waals surface area contributed by atoms with Crippen molar-refractivity contribution in [1.29, 1.82) is 0 Å². The van der Waals surface area contributed by atoms with Gasteiger partial charge < -0.3 is 38.6 Å². The Hall–Kier alpha value is -2.95. The SMILES string of the molecule is COc1cc2cc(c1Cl)N(C)C(=O)C[C@@H](OC(=O)[C@H](C)N(C)C(=O)CCC(C)(C)SSC)[C@]1(C)O[C@@H]1[C@@H](C)[C@@H]1C[C@@](O)(NC(=O)O1)[C@H](OC)/C=C/C=C(\C)C2. The highest BCUT2D eigenvalue weighted by Gasteiger charge is 2.64. The van der Waals surface area contributed by atoms with Gasteiger partial charge in [0.05, 0.1) is 25.3 Å². The third kappa shape index (κ3) is 10.5. The molecule has 3 aliphatic heterocycles. The van der Waals surface area contributed by atoms with Crippen LogP contribution in [0.5, 0.6) is 5.75 Å². The molecule has 2 fully saturated rings. The summed E-state index contributed by atoms with van der Waals surface area (Å²) in [6, 6.07) is 2.62. The first kappa shape index (κ1) is 44.8. The zero-order valence-corrected chi connectivity index (χ0v) is 36.0. The number of hydrogen-bond acceptors (Lipinski definition) is 12. The van der Waals surface area contributed by atoms with Crippen LogP contribution in [0.15, 0.2) is 35.9 Å². The van der Waals surface area contributed by atoms with Gasteiger partial charge in [0.1, 0.15) is 40.7 Å². The van der Waals surface area contributed by atoms with Gasteiger partial charge in [0, 0.05) is 44.7 Å². The summed E-state index contributed by atoms with van der Waals surface area (Å²) in [5, 5.41) is 14.5. The second-order valence-corrected chi connectivity index (χ2v) is 18.9. The van der Waals surface area contributed by atoms with Crippen LogP contribution in [0.4, 0.5) is 10.5 Å². The minimum absolute atomic E-state index is 0.0478. The number of halogens is 1. The van der Waals surface area contributed by atoms with Crippen molar-refractivity contribution in [2.24, 2.45) is 5.92 Å². The van der Waals surface area contributed by atoms with E-state index in [1.54, 1.807) is 73.8 Å². The van der Waals surface area contributed by atoms with Crippen LogP contribution in [0.25, 0.3) is 0 Å². The van der Waals surface area contributed by atoms with Gasteiger partial charge in [0.15, 0.2) is 5.72 Å². The van der Waals surface area contributed by atoms with Crippen molar-refractivity contribution in [2.75, 3.05) is 39.5 Å². The molecule has 0 aromatic heterocycles. The maximum atomic E-state index is 14.2. The van der Waals surface area contributed by atoms with Gasteiger partial charge in [-0.1, -0.05) is 63.9 Å². The van der Waals surface area contributed by atoms with E-state index in [-0.39, 0.29) is 34.9 Å². The maximum absolute atomic E-state index is 14.2. The lowest BCUT2D eigenvalue weighted by Gasteiger charge is -2.42. The molecule has 3 heterocycles. The molecule has 55 heavy (non-hydrogen) atoms. The number of amides is 3. The fraction of sp³-hybridized carbons (Fsp3) is 0.641.